The van der Waals surface area contributed by atoms with Crippen molar-refractivity contribution in [1.82, 2.24) is 9.80 Å². The van der Waals surface area contributed by atoms with Gasteiger partial charge in [0.05, 0.1) is 12.7 Å². The monoisotopic (exact) mass is 440 g/mol. The summed E-state index contributed by atoms with van der Waals surface area (Å²) in [5, 5.41) is 0. The molecule has 172 valence electrons. The highest BCUT2D eigenvalue weighted by Gasteiger charge is 2.28. The molecular formula is C25H32N2O5. The van der Waals surface area contributed by atoms with Gasteiger partial charge in [0.25, 0.3) is 11.8 Å². The highest BCUT2D eigenvalue weighted by molar-refractivity contribution is 5.78. The molecule has 0 bridgehead atoms. The zero-order valence-corrected chi connectivity index (χ0v) is 18.8. The van der Waals surface area contributed by atoms with Gasteiger partial charge in [-0.1, -0.05) is 50.2 Å². The number of benzene rings is 2. The van der Waals surface area contributed by atoms with Gasteiger partial charge in [-0.3, -0.25) is 9.59 Å². The second-order valence-electron chi connectivity index (χ2n) is 8.23. The molecule has 0 aliphatic carbocycles. The van der Waals surface area contributed by atoms with Crippen LogP contribution >= 0.6 is 0 Å². The molecule has 1 saturated heterocycles. The van der Waals surface area contributed by atoms with Crippen molar-refractivity contribution in [1.29, 1.82) is 0 Å². The minimum Gasteiger partial charge on any atom is -0.484 e. The van der Waals surface area contributed by atoms with Crippen LogP contribution in [0.2, 0.25) is 0 Å². The molecule has 1 atom stereocenters. The molecule has 1 fully saturated rings. The Bertz CT molecular complexity index is 844. The fourth-order valence-electron chi connectivity index (χ4n) is 3.53. The number of ether oxygens (including phenoxy) is 3. The zero-order chi connectivity index (χ0) is 22.8. The average molecular weight is 441 g/mol. The van der Waals surface area contributed by atoms with Crippen molar-refractivity contribution in [3.63, 3.8) is 0 Å². The predicted octanol–water partition coefficient (Wildman–Crippen LogP) is 2.86. The minimum absolute atomic E-state index is 0.0176. The SMILES string of the molecule is CC(C)CN(CC1CN(C(=O)COc2ccccc2)CCO1)C(=O)COc1ccccc1. The topological polar surface area (TPSA) is 68.3 Å². The number of hydrogen-bond donors (Lipinski definition) is 0. The third-order valence-electron chi connectivity index (χ3n) is 5.06. The first-order chi connectivity index (χ1) is 15.5. The van der Waals surface area contributed by atoms with Crippen LogP contribution < -0.4 is 9.47 Å². The first-order valence-electron chi connectivity index (χ1n) is 11.0. The number of carbonyl (C=O) groups is 2. The summed E-state index contributed by atoms with van der Waals surface area (Å²) in [5.41, 5.74) is 0. The molecule has 32 heavy (non-hydrogen) atoms. The summed E-state index contributed by atoms with van der Waals surface area (Å²) < 4.78 is 17.1. The van der Waals surface area contributed by atoms with Gasteiger partial charge in [-0.15, -0.1) is 0 Å². The molecular weight excluding hydrogens is 408 g/mol. The average Bonchev–Trinajstić information content (AvgIpc) is 2.82. The maximum absolute atomic E-state index is 12.8. The van der Waals surface area contributed by atoms with Gasteiger partial charge in [-0.05, 0) is 30.2 Å². The minimum atomic E-state index is -0.246. The van der Waals surface area contributed by atoms with E-state index >= 15 is 0 Å². The number of amides is 2. The van der Waals surface area contributed by atoms with Crippen LogP contribution in [0.25, 0.3) is 0 Å². The van der Waals surface area contributed by atoms with Gasteiger partial charge in [-0.2, -0.15) is 0 Å². The number of rotatable bonds is 10. The summed E-state index contributed by atoms with van der Waals surface area (Å²) in [6, 6.07) is 18.6. The van der Waals surface area contributed by atoms with E-state index in [4.69, 9.17) is 14.2 Å². The molecule has 1 aliphatic rings. The fraction of sp³-hybridized carbons (Fsp3) is 0.440. The third kappa shape index (κ3) is 7.57. The van der Waals surface area contributed by atoms with E-state index < -0.39 is 0 Å². The van der Waals surface area contributed by atoms with Gasteiger partial charge in [0.1, 0.15) is 11.5 Å². The molecule has 0 spiro atoms. The summed E-state index contributed by atoms with van der Waals surface area (Å²) >= 11 is 0. The highest BCUT2D eigenvalue weighted by atomic mass is 16.5. The molecule has 2 aromatic rings. The van der Waals surface area contributed by atoms with E-state index in [1.165, 1.54) is 0 Å². The van der Waals surface area contributed by atoms with Crippen LogP contribution in [-0.2, 0) is 14.3 Å². The van der Waals surface area contributed by atoms with Crippen LogP contribution in [0.5, 0.6) is 11.5 Å². The van der Waals surface area contributed by atoms with Crippen molar-refractivity contribution in [3.8, 4) is 11.5 Å². The summed E-state index contributed by atoms with van der Waals surface area (Å²) in [4.78, 5) is 29.0. The van der Waals surface area contributed by atoms with Crippen LogP contribution in [0.15, 0.2) is 60.7 Å². The molecule has 7 heteroatoms. The van der Waals surface area contributed by atoms with Crippen molar-refractivity contribution in [3.05, 3.63) is 60.7 Å². The van der Waals surface area contributed by atoms with Crippen LogP contribution in [-0.4, -0.2) is 73.7 Å². The van der Waals surface area contributed by atoms with E-state index in [1.807, 2.05) is 60.7 Å². The number of hydrogen-bond acceptors (Lipinski definition) is 5. The van der Waals surface area contributed by atoms with Gasteiger partial charge in [-0.25, -0.2) is 0 Å². The molecule has 7 nitrogen and oxygen atoms in total. The van der Waals surface area contributed by atoms with Crippen LogP contribution in [0.1, 0.15) is 13.8 Å². The smallest absolute Gasteiger partial charge is 0.260 e. The quantitative estimate of drug-likeness (QED) is 0.568. The van der Waals surface area contributed by atoms with Crippen molar-refractivity contribution in [2.75, 3.05) is 46.0 Å². The molecule has 0 radical (unpaired) electrons. The van der Waals surface area contributed by atoms with Crippen molar-refractivity contribution >= 4 is 11.8 Å². The van der Waals surface area contributed by atoms with E-state index in [9.17, 15) is 9.59 Å². The lowest BCUT2D eigenvalue weighted by molar-refractivity contribution is -0.144. The highest BCUT2D eigenvalue weighted by Crippen LogP contribution is 2.13. The summed E-state index contributed by atoms with van der Waals surface area (Å²) in [6.45, 7) is 6.48. The van der Waals surface area contributed by atoms with Crippen LogP contribution in [0, 0.1) is 5.92 Å². The van der Waals surface area contributed by atoms with Crippen molar-refractivity contribution < 1.29 is 23.8 Å². The van der Waals surface area contributed by atoms with Gasteiger partial charge in [0.2, 0.25) is 0 Å². The van der Waals surface area contributed by atoms with E-state index in [1.54, 1.807) is 9.80 Å². The van der Waals surface area contributed by atoms with E-state index in [2.05, 4.69) is 13.8 Å². The zero-order valence-electron chi connectivity index (χ0n) is 18.8. The summed E-state index contributed by atoms with van der Waals surface area (Å²) in [5.74, 6) is 1.45. The van der Waals surface area contributed by atoms with Crippen LogP contribution in [0.4, 0.5) is 0 Å². The predicted molar refractivity (Wildman–Crippen MR) is 122 cm³/mol. The van der Waals surface area contributed by atoms with Gasteiger partial charge >= 0.3 is 0 Å². The molecule has 1 unspecified atom stereocenters. The Morgan fingerprint density at radius 2 is 1.59 bits per heavy atom. The molecule has 0 N–H and O–H groups in total. The first-order valence-corrected chi connectivity index (χ1v) is 11.0. The Hall–Kier alpha value is -3.06. The maximum atomic E-state index is 12.8. The molecule has 1 aliphatic heterocycles. The molecule has 2 aromatic carbocycles. The van der Waals surface area contributed by atoms with Crippen molar-refractivity contribution in [2.45, 2.75) is 20.0 Å². The van der Waals surface area contributed by atoms with Crippen molar-refractivity contribution in [2.24, 2.45) is 5.92 Å². The number of para-hydroxylation sites is 2. The third-order valence-corrected chi connectivity index (χ3v) is 5.06. The van der Waals surface area contributed by atoms with Gasteiger partial charge in [0, 0.05) is 26.2 Å². The standard InChI is InChI=1S/C25H32N2O5/c1-20(2)15-27(25(29)19-32-22-11-7-4-8-12-22)17-23-16-26(13-14-30-23)24(28)18-31-21-9-5-3-6-10-21/h3-12,20,23H,13-19H2,1-2H3. The fourth-order valence-corrected chi connectivity index (χ4v) is 3.53. The maximum Gasteiger partial charge on any atom is 0.260 e. The Morgan fingerprint density at radius 3 is 2.19 bits per heavy atom. The lowest BCUT2D eigenvalue weighted by Gasteiger charge is -2.36. The van der Waals surface area contributed by atoms with E-state index in [0.29, 0.717) is 50.2 Å². The Kier molecular flexibility index (Phi) is 8.92. The Labute approximate surface area is 189 Å². The van der Waals surface area contributed by atoms with Gasteiger partial charge < -0.3 is 24.0 Å². The number of nitrogens with zero attached hydrogens (tertiary/aromatic N) is 2. The molecule has 1 heterocycles. The van der Waals surface area contributed by atoms with Gasteiger partial charge in [0.15, 0.2) is 13.2 Å². The molecule has 0 saturated carbocycles. The van der Waals surface area contributed by atoms with Crippen LogP contribution in [0.3, 0.4) is 0 Å². The second-order valence-corrected chi connectivity index (χ2v) is 8.23. The van der Waals surface area contributed by atoms with E-state index in [0.717, 1.165) is 0 Å². The normalized spacial score (nSPS) is 16.0. The number of carbonyl (C=O) groups excluding carboxylic acids is 2. The first kappa shape index (κ1) is 23.6. The summed E-state index contributed by atoms with van der Waals surface area (Å²) in [6.07, 6.45) is -0.246. The molecule has 3 rings (SSSR count). The molecule has 0 aromatic heterocycles. The second kappa shape index (κ2) is 12.1. The Balaban J connectivity index is 1.52. The lowest BCUT2D eigenvalue weighted by atomic mass is 10.1. The Morgan fingerprint density at radius 1 is 1.00 bits per heavy atom. The molecule has 2 amide bonds. The lowest BCUT2D eigenvalue weighted by Crippen LogP contribution is -2.52. The van der Waals surface area contributed by atoms with E-state index in [-0.39, 0.29) is 31.1 Å². The summed E-state index contributed by atoms with van der Waals surface area (Å²) in [7, 11) is 0. The largest absolute Gasteiger partial charge is 0.484 e. The number of morpholine rings is 1.